The zero-order chi connectivity index (χ0) is 25.6. The highest BCUT2D eigenvalue weighted by atomic mass is 16.2. The van der Waals surface area contributed by atoms with Gasteiger partial charge in [-0.05, 0) is 54.6 Å². The summed E-state index contributed by atoms with van der Waals surface area (Å²) in [5.41, 5.74) is 5.06. The minimum atomic E-state index is -0.106. The maximum atomic E-state index is 12.7. The van der Waals surface area contributed by atoms with Gasteiger partial charge >= 0.3 is 0 Å². The lowest BCUT2D eigenvalue weighted by atomic mass is 10.1. The van der Waals surface area contributed by atoms with Crippen molar-refractivity contribution in [2.24, 2.45) is 0 Å². The Bertz CT molecular complexity index is 1370. The van der Waals surface area contributed by atoms with Crippen LogP contribution in [0.25, 0.3) is 11.3 Å². The summed E-state index contributed by atoms with van der Waals surface area (Å²) in [7, 11) is 0. The zero-order valence-corrected chi connectivity index (χ0v) is 20.5. The summed E-state index contributed by atoms with van der Waals surface area (Å²) < 4.78 is 0. The van der Waals surface area contributed by atoms with E-state index in [0.29, 0.717) is 24.6 Å². The molecule has 0 radical (unpaired) electrons. The van der Waals surface area contributed by atoms with E-state index < -0.39 is 0 Å². The van der Waals surface area contributed by atoms with E-state index in [9.17, 15) is 9.59 Å². The first-order chi connectivity index (χ1) is 18.0. The second kappa shape index (κ2) is 10.9. The summed E-state index contributed by atoms with van der Waals surface area (Å²) in [4.78, 5) is 41.1. The summed E-state index contributed by atoms with van der Waals surface area (Å²) in [6.45, 7) is 4.35. The lowest BCUT2D eigenvalue weighted by Crippen LogP contribution is -2.48. The summed E-state index contributed by atoms with van der Waals surface area (Å²) >= 11 is 0. The molecule has 2 N–H and O–H groups in total. The second-order valence-corrected chi connectivity index (χ2v) is 8.72. The number of benzene rings is 2. The second-order valence-electron chi connectivity index (χ2n) is 8.72. The highest BCUT2D eigenvalue weighted by molar-refractivity contribution is 5.94. The molecule has 0 bridgehead atoms. The number of aromatic nitrogens is 3. The topological polar surface area (TPSA) is 103 Å². The van der Waals surface area contributed by atoms with Crippen LogP contribution in [0.2, 0.25) is 0 Å². The number of hydrogen-bond acceptors (Lipinski definition) is 7. The van der Waals surface area contributed by atoms with Crippen LogP contribution < -0.4 is 15.5 Å². The summed E-state index contributed by atoms with van der Waals surface area (Å²) in [5.74, 6) is 0.419. The van der Waals surface area contributed by atoms with Gasteiger partial charge in [0.25, 0.3) is 5.91 Å². The minimum Gasteiger partial charge on any atom is -0.368 e. The lowest BCUT2D eigenvalue weighted by molar-refractivity contribution is -0.114. The van der Waals surface area contributed by atoms with Gasteiger partial charge in [-0.25, -0.2) is 9.97 Å². The van der Waals surface area contributed by atoms with Crippen molar-refractivity contribution in [2.75, 3.05) is 41.7 Å². The summed E-state index contributed by atoms with van der Waals surface area (Å²) in [6, 6.07) is 21.1. The molecule has 2 aromatic carbocycles. The first-order valence-corrected chi connectivity index (χ1v) is 12.1. The normalized spacial score (nSPS) is 13.2. The van der Waals surface area contributed by atoms with Gasteiger partial charge in [0.15, 0.2) is 0 Å². The van der Waals surface area contributed by atoms with Crippen molar-refractivity contribution in [3.63, 3.8) is 0 Å². The smallest absolute Gasteiger partial charge is 0.255 e. The Morgan fingerprint density at radius 2 is 1.57 bits per heavy atom. The quantitative estimate of drug-likeness (QED) is 0.415. The largest absolute Gasteiger partial charge is 0.368 e. The van der Waals surface area contributed by atoms with Crippen LogP contribution in [0.5, 0.6) is 0 Å². The van der Waals surface area contributed by atoms with Gasteiger partial charge in [0, 0.05) is 74.3 Å². The molecule has 5 rings (SSSR count). The molecule has 186 valence electrons. The zero-order valence-electron chi connectivity index (χ0n) is 20.5. The van der Waals surface area contributed by atoms with Crippen LogP contribution in [0.15, 0.2) is 85.3 Å². The molecule has 2 aromatic heterocycles. The number of amides is 2. The third kappa shape index (κ3) is 5.90. The van der Waals surface area contributed by atoms with Crippen molar-refractivity contribution < 1.29 is 9.59 Å². The van der Waals surface area contributed by atoms with Crippen molar-refractivity contribution in [2.45, 2.75) is 6.92 Å². The Balaban J connectivity index is 1.19. The molecule has 0 atom stereocenters. The lowest BCUT2D eigenvalue weighted by Gasteiger charge is -2.36. The third-order valence-electron chi connectivity index (χ3n) is 6.12. The molecule has 2 amide bonds. The molecule has 1 aliphatic rings. The molecule has 0 spiro atoms. The van der Waals surface area contributed by atoms with Gasteiger partial charge in [0.1, 0.15) is 0 Å². The van der Waals surface area contributed by atoms with Crippen molar-refractivity contribution in [3.8, 4) is 11.3 Å². The van der Waals surface area contributed by atoms with E-state index >= 15 is 0 Å². The molecule has 9 nitrogen and oxygen atoms in total. The highest BCUT2D eigenvalue weighted by Crippen LogP contribution is 2.24. The van der Waals surface area contributed by atoms with Gasteiger partial charge in [-0.2, -0.15) is 0 Å². The van der Waals surface area contributed by atoms with Crippen LogP contribution in [0.3, 0.4) is 0 Å². The third-order valence-corrected chi connectivity index (χ3v) is 6.12. The monoisotopic (exact) mass is 493 g/mol. The molecule has 1 aliphatic heterocycles. The van der Waals surface area contributed by atoms with Gasteiger partial charge in [-0.15, -0.1) is 0 Å². The van der Waals surface area contributed by atoms with E-state index in [1.54, 1.807) is 30.7 Å². The average Bonchev–Trinajstić information content (AvgIpc) is 2.94. The number of carbonyl (C=O) groups is 2. The molecule has 3 heterocycles. The van der Waals surface area contributed by atoms with Gasteiger partial charge in [0.05, 0.1) is 11.3 Å². The predicted octanol–water partition coefficient (Wildman–Crippen LogP) is 4.20. The number of carbonyl (C=O) groups excluding carboxylic acids is 2. The Labute approximate surface area is 215 Å². The standard InChI is InChI=1S/C28H27N7O2/c1-20(36)31-23-6-4-21(5-7-23)26-12-14-30-28(33-26)32-24-8-10-25(11-9-24)34-15-17-35(18-16-34)27(37)22-3-2-13-29-19-22/h2-14,19H,15-18H2,1H3,(H,31,36)(H,30,32,33). The highest BCUT2D eigenvalue weighted by Gasteiger charge is 2.22. The van der Waals surface area contributed by atoms with E-state index in [1.807, 2.05) is 47.4 Å². The number of rotatable bonds is 6. The van der Waals surface area contributed by atoms with E-state index in [1.165, 1.54) is 6.92 Å². The average molecular weight is 494 g/mol. The Morgan fingerprint density at radius 1 is 0.838 bits per heavy atom. The number of anilines is 4. The minimum absolute atomic E-state index is 0.0261. The molecule has 0 saturated carbocycles. The molecule has 37 heavy (non-hydrogen) atoms. The first-order valence-electron chi connectivity index (χ1n) is 12.1. The number of piperazine rings is 1. The molecule has 1 fully saturated rings. The predicted molar refractivity (Wildman–Crippen MR) is 144 cm³/mol. The fraction of sp³-hybridized carbons (Fsp3) is 0.179. The summed E-state index contributed by atoms with van der Waals surface area (Å²) in [5, 5.41) is 6.03. The van der Waals surface area contributed by atoms with E-state index in [4.69, 9.17) is 0 Å². The van der Waals surface area contributed by atoms with E-state index in [0.717, 1.165) is 41.4 Å². The maximum Gasteiger partial charge on any atom is 0.255 e. The van der Waals surface area contributed by atoms with Gasteiger partial charge in [-0.3, -0.25) is 14.6 Å². The van der Waals surface area contributed by atoms with Crippen LogP contribution in [-0.2, 0) is 4.79 Å². The molecular formula is C28H27N7O2. The van der Waals surface area contributed by atoms with Crippen molar-refractivity contribution in [3.05, 3.63) is 90.9 Å². The molecule has 1 saturated heterocycles. The maximum absolute atomic E-state index is 12.7. The van der Waals surface area contributed by atoms with Crippen LogP contribution in [-0.4, -0.2) is 57.8 Å². The fourth-order valence-corrected chi connectivity index (χ4v) is 4.23. The molecule has 4 aromatic rings. The Kier molecular flexibility index (Phi) is 7.02. The van der Waals surface area contributed by atoms with Gasteiger partial charge < -0.3 is 20.4 Å². The number of nitrogens with one attached hydrogen (secondary N) is 2. The molecule has 0 aliphatic carbocycles. The number of hydrogen-bond donors (Lipinski definition) is 2. The van der Waals surface area contributed by atoms with Crippen LogP contribution >= 0.6 is 0 Å². The Hall–Kier alpha value is -4.79. The van der Waals surface area contributed by atoms with Crippen molar-refractivity contribution in [1.82, 2.24) is 19.9 Å². The molecular weight excluding hydrogens is 466 g/mol. The Morgan fingerprint density at radius 3 is 2.24 bits per heavy atom. The summed E-state index contributed by atoms with van der Waals surface area (Å²) in [6.07, 6.45) is 5.00. The SMILES string of the molecule is CC(=O)Nc1ccc(-c2ccnc(Nc3ccc(N4CCN(C(=O)c5cccnc5)CC4)cc3)n2)cc1. The van der Waals surface area contributed by atoms with E-state index in [2.05, 4.69) is 42.6 Å². The molecule has 0 unspecified atom stereocenters. The first kappa shape index (κ1) is 23.9. The molecule has 9 heteroatoms. The number of nitrogens with zero attached hydrogens (tertiary/aromatic N) is 5. The van der Waals surface area contributed by atoms with Crippen LogP contribution in [0.1, 0.15) is 17.3 Å². The van der Waals surface area contributed by atoms with Crippen molar-refractivity contribution >= 4 is 34.8 Å². The fourth-order valence-electron chi connectivity index (χ4n) is 4.23. The van der Waals surface area contributed by atoms with Gasteiger partial charge in [-0.1, -0.05) is 12.1 Å². The van der Waals surface area contributed by atoms with E-state index in [-0.39, 0.29) is 11.8 Å². The van der Waals surface area contributed by atoms with Crippen LogP contribution in [0, 0.1) is 0 Å². The van der Waals surface area contributed by atoms with Crippen molar-refractivity contribution in [1.29, 1.82) is 0 Å². The van der Waals surface area contributed by atoms with Crippen LogP contribution in [0.4, 0.5) is 23.0 Å². The van der Waals surface area contributed by atoms with Gasteiger partial charge in [0.2, 0.25) is 11.9 Å². The number of pyridine rings is 1.